The topological polar surface area (TPSA) is 67.6 Å². The van der Waals surface area contributed by atoms with Crippen LogP contribution in [0.1, 0.15) is 40.0 Å². The fourth-order valence-electron chi connectivity index (χ4n) is 1.96. The third kappa shape index (κ3) is 8.97. The first-order chi connectivity index (χ1) is 9.04. The summed E-state index contributed by atoms with van der Waals surface area (Å²) in [5.41, 5.74) is 5.77. The van der Waals surface area contributed by atoms with Crippen molar-refractivity contribution in [2.45, 2.75) is 52.1 Å². The second kappa shape index (κ2) is 11.2. The van der Waals surface area contributed by atoms with Gasteiger partial charge in [0.2, 0.25) is 5.91 Å². The predicted molar refractivity (Wildman–Crippen MR) is 79.1 cm³/mol. The van der Waals surface area contributed by atoms with Crippen LogP contribution in [0.5, 0.6) is 0 Å². The molecule has 5 nitrogen and oxygen atoms in total. The highest BCUT2D eigenvalue weighted by Gasteiger charge is 2.15. The Kier molecular flexibility index (Phi) is 10.8. The van der Waals surface area contributed by atoms with Gasteiger partial charge in [-0.15, -0.1) is 0 Å². The van der Waals surface area contributed by atoms with E-state index in [9.17, 15) is 4.79 Å². The number of hydrogen-bond donors (Lipinski definition) is 2. The molecule has 0 aromatic carbocycles. The van der Waals surface area contributed by atoms with Crippen LogP contribution in [0.3, 0.4) is 0 Å². The Labute approximate surface area is 117 Å². The van der Waals surface area contributed by atoms with Crippen molar-refractivity contribution in [3.8, 4) is 0 Å². The minimum Gasteiger partial charge on any atom is -0.385 e. The van der Waals surface area contributed by atoms with Crippen molar-refractivity contribution >= 4 is 5.91 Å². The van der Waals surface area contributed by atoms with Crippen LogP contribution in [-0.2, 0) is 9.53 Å². The quantitative estimate of drug-likeness (QED) is 0.589. The molecule has 0 aliphatic heterocycles. The van der Waals surface area contributed by atoms with Crippen molar-refractivity contribution in [2.75, 3.05) is 33.4 Å². The van der Waals surface area contributed by atoms with Gasteiger partial charge in [-0.05, 0) is 45.8 Å². The number of hydrogen-bond acceptors (Lipinski definition) is 4. The van der Waals surface area contributed by atoms with Gasteiger partial charge >= 0.3 is 0 Å². The number of rotatable bonds is 11. The Morgan fingerprint density at radius 1 is 1.32 bits per heavy atom. The summed E-state index contributed by atoms with van der Waals surface area (Å²) in [6, 6.07) is -0.290. The van der Waals surface area contributed by atoms with Gasteiger partial charge in [-0.2, -0.15) is 0 Å². The highest BCUT2D eigenvalue weighted by Crippen LogP contribution is 2.00. The van der Waals surface area contributed by atoms with E-state index < -0.39 is 6.04 Å². The standard InChI is InChI=1S/C14H31N3O2/c1-5-17(6-2)10-7-8-12(3)16-14(18)13(15)9-11-19-4/h12-13H,5-11,15H2,1-4H3,(H,16,18). The maximum atomic E-state index is 11.8. The van der Waals surface area contributed by atoms with Crippen LogP contribution in [0.25, 0.3) is 0 Å². The summed E-state index contributed by atoms with van der Waals surface area (Å²) in [5, 5.41) is 2.96. The van der Waals surface area contributed by atoms with Crippen LogP contribution in [0, 0.1) is 0 Å². The fourth-order valence-corrected chi connectivity index (χ4v) is 1.96. The normalized spacial score (nSPS) is 14.4. The monoisotopic (exact) mass is 273 g/mol. The summed E-state index contributed by atoms with van der Waals surface area (Å²) in [7, 11) is 1.61. The van der Waals surface area contributed by atoms with Gasteiger partial charge < -0.3 is 20.7 Å². The van der Waals surface area contributed by atoms with Gasteiger partial charge in [0.15, 0.2) is 0 Å². The molecular weight excluding hydrogens is 242 g/mol. The smallest absolute Gasteiger partial charge is 0.237 e. The maximum absolute atomic E-state index is 11.8. The summed E-state index contributed by atoms with van der Waals surface area (Å²) in [6.45, 7) is 10.1. The van der Waals surface area contributed by atoms with E-state index in [2.05, 4.69) is 24.1 Å². The molecule has 5 heteroatoms. The zero-order valence-corrected chi connectivity index (χ0v) is 12.9. The van der Waals surface area contributed by atoms with Crippen LogP contribution in [0.4, 0.5) is 0 Å². The van der Waals surface area contributed by atoms with E-state index >= 15 is 0 Å². The zero-order chi connectivity index (χ0) is 14.7. The van der Waals surface area contributed by atoms with Gasteiger partial charge in [0.25, 0.3) is 0 Å². The average Bonchev–Trinajstić information content (AvgIpc) is 2.40. The highest BCUT2D eigenvalue weighted by atomic mass is 16.5. The number of methoxy groups -OCH3 is 1. The van der Waals surface area contributed by atoms with Crippen molar-refractivity contribution in [2.24, 2.45) is 5.73 Å². The Morgan fingerprint density at radius 3 is 2.47 bits per heavy atom. The van der Waals surface area contributed by atoms with Gasteiger partial charge in [0.1, 0.15) is 0 Å². The van der Waals surface area contributed by atoms with Crippen molar-refractivity contribution in [1.29, 1.82) is 0 Å². The summed E-state index contributed by atoms with van der Waals surface area (Å²) in [5.74, 6) is -0.0765. The van der Waals surface area contributed by atoms with E-state index in [0.29, 0.717) is 13.0 Å². The third-order valence-corrected chi connectivity index (χ3v) is 3.36. The molecule has 0 aromatic heterocycles. The van der Waals surface area contributed by atoms with Crippen molar-refractivity contribution in [3.05, 3.63) is 0 Å². The molecule has 19 heavy (non-hydrogen) atoms. The van der Waals surface area contributed by atoms with E-state index in [4.69, 9.17) is 10.5 Å². The lowest BCUT2D eigenvalue weighted by Crippen LogP contribution is -2.45. The van der Waals surface area contributed by atoms with Gasteiger partial charge in [0.05, 0.1) is 6.04 Å². The lowest BCUT2D eigenvalue weighted by Gasteiger charge is -2.20. The van der Waals surface area contributed by atoms with E-state index in [1.807, 2.05) is 6.92 Å². The molecule has 3 N–H and O–H groups in total. The molecule has 0 aromatic rings. The van der Waals surface area contributed by atoms with E-state index in [1.165, 1.54) is 0 Å². The number of ether oxygens (including phenoxy) is 1. The summed E-state index contributed by atoms with van der Waals surface area (Å²) < 4.78 is 4.92. The number of nitrogens with zero attached hydrogens (tertiary/aromatic N) is 1. The summed E-state index contributed by atoms with van der Waals surface area (Å²) >= 11 is 0. The molecule has 0 aliphatic rings. The van der Waals surface area contributed by atoms with E-state index in [0.717, 1.165) is 32.5 Å². The number of amides is 1. The predicted octanol–water partition coefficient (Wildman–Crippen LogP) is 0.977. The van der Waals surface area contributed by atoms with Crippen molar-refractivity contribution in [3.63, 3.8) is 0 Å². The Bertz CT molecular complexity index is 233. The van der Waals surface area contributed by atoms with E-state index in [1.54, 1.807) is 7.11 Å². The molecule has 1 amide bonds. The Balaban J connectivity index is 3.78. The molecule has 0 fully saturated rings. The first-order valence-electron chi connectivity index (χ1n) is 7.32. The molecule has 114 valence electrons. The fraction of sp³-hybridized carbons (Fsp3) is 0.929. The van der Waals surface area contributed by atoms with Crippen LogP contribution >= 0.6 is 0 Å². The molecule has 2 unspecified atom stereocenters. The van der Waals surface area contributed by atoms with Crippen LogP contribution < -0.4 is 11.1 Å². The van der Waals surface area contributed by atoms with Gasteiger partial charge in [-0.1, -0.05) is 13.8 Å². The molecule has 2 atom stereocenters. The third-order valence-electron chi connectivity index (χ3n) is 3.36. The first-order valence-corrected chi connectivity index (χ1v) is 7.32. The van der Waals surface area contributed by atoms with Gasteiger partial charge in [-0.3, -0.25) is 4.79 Å². The van der Waals surface area contributed by atoms with E-state index in [-0.39, 0.29) is 11.9 Å². The van der Waals surface area contributed by atoms with Crippen molar-refractivity contribution < 1.29 is 9.53 Å². The molecule has 0 saturated heterocycles. The SMILES string of the molecule is CCN(CC)CCCC(C)NC(=O)C(N)CCOC. The number of carbonyl (C=O) groups is 1. The molecule has 0 aliphatic carbocycles. The molecule has 0 rings (SSSR count). The van der Waals surface area contributed by atoms with Gasteiger partial charge in [-0.25, -0.2) is 0 Å². The number of nitrogens with one attached hydrogen (secondary N) is 1. The lowest BCUT2D eigenvalue weighted by molar-refractivity contribution is -0.123. The van der Waals surface area contributed by atoms with Gasteiger partial charge in [0, 0.05) is 19.8 Å². The number of carbonyl (C=O) groups excluding carboxylic acids is 1. The van der Waals surface area contributed by atoms with Crippen LogP contribution in [0.2, 0.25) is 0 Å². The molecule has 0 radical (unpaired) electrons. The minimum absolute atomic E-state index is 0.0765. The first kappa shape index (κ1) is 18.4. The number of nitrogens with two attached hydrogens (primary N) is 1. The average molecular weight is 273 g/mol. The molecule has 0 heterocycles. The summed E-state index contributed by atoms with van der Waals surface area (Å²) in [4.78, 5) is 14.2. The molecular formula is C14H31N3O2. The Morgan fingerprint density at radius 2 is 1.95 bits per heavy atom. The summed E-state index contributed by atoms with van der Waals surface area (Å²) in [6.07, 6.45) is 2.64. The molecule has 0 spiro atoms. The highest BCUT2D eigenvalue weighted by molar-refractivity contribution is 5.81. The van der Waals surface area contributed by atoms with Crippen molar-refractivity contribution in [1.82, 2.24) is 10.2 Å². The van der Waals surface area contributed by atoms with Crippen LogP contribution in [0.15, 0.2) is 0 Å². The van der Waals surface area contributed by atoms with Crippen LogP contribution in [-0.4, -0.2) is 56.2 Å². The Hall–Kier alpha value is -0.650. The molecule has 0 saturated carbocycles. The lowest BCUT2D eigenvalue weighted by atomic mass is 10.1. The minimum atomic E-state index is -0.467. The molecule has 0 bridgehead atoms. The second-order valence-electron chi connectivity index (χ2n) is 4.97. The zero-order valence-electron chi connectivity index (χ0n) is 12.9. The maximum Gasteiger partial charge on any atom is 0.237 e. The second-order valence-corrected chi connectivity index (χ2v) is 4.97. The largest absolute Gasteiger partial charge is 0.385 e.